The topological polar surface area (TPSA) is 35.2 Å². The number of hydrogen-bond donors (Lipinski definition) is 1. The van der Waals surface area contributed by atoms with E-state index >= 15 is 0 Å². The molecule has 0 aliphatic rings. The predicted molar refractivity (Wildman–Crippen MR) is 69.0 cm³/mol. The SMILES string of the molecule is COc1ccccc1CC(F)(CN)C(C)(C)C. The summed E-state index contributed by atoms with van der Waals surface area (Å²) in [6.45, 7) is 5.62. The highest BCUT2D eigenvalue weighted by Gasteiger charge is 2.41. The molecule has 2 nitrogen and oxygen atoms in total. The monoisotopic (exact) mass is 239 g/mol. The molecule has 17 heavy (non-hydrogen) atoms. The smallest absolute Gasteiger partial charge is 0.132 e. The van der Waals surface area contributed by atoms with Gasteiger partial charge in [-0.05, 0) is 17.0 Å². The number of nitrogens with two attached hydrogens (primary N) is 1. The Hall–Kier alpha value is -1.09. The van der Waals surface area contributed by atoms with Crippen LogP contribution in [-0.4, -0.2) is 19.3 Å². The second kappa shape index (κ2) is 5.05. The lowest BCUT2D eigenvalue weighted by Gasteiger charge is -2.37. The molecule has 0 spiro atoms. The van der Waals surface area contributed by atoms with Crippen molar-refractivity contribution in [3.05, 3.63) is 29.8 Å². The van der Waals surface area contributed by atoms with Crippen LogP contribution in [0.15, 0.2) is 24.3 Å². The van der Waals surface area contributed by atoms with Crippen molar-refractivity contribution < 1.29 is 9.13 Å². The average Bonchev–Trinajstić information content (AvgIpc) is 2.28. The highest BCUT2D eigenvalue weighted by atomic mass is 19.1. The first-order chi connectivity index (χ1) is 7.84. The number of methoxy groups -OCH3 is 1. The minimum absolute atomic E-state index is 0.00848. The van der Waals surface area contributed by atoms with Crippen molar-refractivity contribution >= 4 is 0 Å². The Kier molecular flexibility index (Phi) is 4.15. The van der Waals surface area contributed by atoms with Gasteiger partial charge in [0.2, 0.25) is 0 Å². The van der Waals surface area contributed by atoms with Gasteiger partial charge in [0.05, 0.1) is 7.11 Å². The molecule has 0 amide bonds. The van der Waals surface area contributed by atoms with Crippen LogP contribution in [0.3, 0.4) is 0 Å². The maximum Gasteiger partial charge on any atom is 0.132 e. The van der Waals surface area contributed by atoms with Crippen LogP contribution in [-0.2, 0) is 6.42 Å². The average molecular weight is 239 g/mol. The maximum absolute atomic E-state index is 14.8. The van der Waals surface area contributed by atoms with Crippen LogP contribution in [0.2, 0.25) is 0 Å². The molecule has 1 aromatic carbocycles. The zero-order valence-electron chi connectivity index (χ0n) is 11.1. The second-order valence-electron chi connectivity index (χ2n) is 5.41. The maximum atomic E-state index is 14.8. The number of para-hydroxylation sites is 1. The second-order valence-corrected chi connectivity index (χ2v) is 5.41. The van der Waals surface area contributed by atoms with Crippen molar-refractivity contribution in [2.24, 2.45) is 11.1 Å². The molecule has 0 bridgehead atoms. The van der Waals surface area contributed by atoms with E-state index in [1.807, 2.05) is 45.0 Å². The molecule has 0 aliphatic heterocycles. The molecule has 1 rings (SSSR count). The third-order valence-electron chi connectivity index (χ3n) is 3.33. The zero-order valence-corrected chi connectivity index (χ0v) is 11.1. The summed E-state index contributed by atoms with van der Waals surface area (Å²) in [5.74, 6) is 0.715. The van der Waals surface area contributed by atoms with E-state index in [1.54, 1.807) is 7.11 Å². The van der Waals surface area contributed by atoms with Gasteiger partial charge in [-0.15, -0.1) is 0 Å². The normalized spacial score (nSPS) is 15.4. The molecule has 0 radical (unpaired) electrons. The van der Waals surface area contributed by atoms with Gasteiger partial charge in [-0.2, -0.15) is 0 Å². The Morgan fingerprint density at radius 2 is 1.82 bits per heavy atom. The third kappa shape index (κ3) is 2.97. The molecule has 0 saturated carbocycles. The molecular weight excluding hydrogens is 217 g/mol. The molecule has 1 atom stereocenters. The van der Waals surface area contributed by atoms with Gasteiger partial charge in [0.1, 0.15) is 11.4 Å². The molecule has 1 aromatic rings. The van der Waals surface area contributed by atoms with Gasteiger partial charge in [0.15, 0.2) is 0 Å². The van der Waals surface area contributed by atoms with Crippen molar-refractivity contribution in [3.8, 4) is 5.75 Å². The third-order valence-corrected chi connectivity index (χ3v) is 3.33. The van der Waals surface area contributed by atoms with Gasteiger partial charge in [-0.25, -0.2) is 4.39 Å². The molecular formula is C14H22FNO. The highest BCUT2D eigenvalue weighted by molar-refractivity contribution is 5.34. The van der Waals surface area contributed by atoms with Crippen LogP contribution in [0, 0.1) is 5.41 Å². The number of hydrogen-bond acceptors (Lipinski definition) is 2. The van der Waals surface area contributed by atoms with Crippen LogP contribution in [0.4, 0.5) is 4.39 Å². The van der Waals surface area contributed by atoms with E-state index < -0.39 is 11.1 Å². The molecule has 0 aliphatic carbocycles. The van der Waals surface area contributed by atoms with Crippen LogP contribution in [0.1, 0.15) is 26.3 Å². The standard InChI is InChI=1S/C14H22FNO/c1-13(2,3)14(15,10-16)9-11-7-5-6-8-12(11)17-4/h5-8H,9-10,16H2,1-4H3. The summed E-state index contributed by atoms with van der Waals surface area (Å²) in [5.41, 5.74) is 4.55. The van der Waals surface area contributed by atoms with E-state index in [1.165, 1.54) is 0 Å². The van der Waals surface area contributed by atoms with Crippen LogP contribution < -0.4 is 10.5 Å². The Morgan fingerprint density at radius 1 is 1.24 bits per heavy atom. The van der Waals surface area contributed by atoms with Gasteiger partial charge in [0.25, 0.3) is 0 Å². The van der Waals surface area contributed by atoms with Crippen molar-refractivity contribution in [2.45, 2.75) is 32.9 Å². The van der Waals surface area contributed by atoms with Crippen molar-refractivity contribution in [3.63, 3.8) is 0 Å². The first kappa shape index (κ1) is 14.0. The van der Waals surface area contributed by atoms with Crippen LogP contribution in [0.5, 0.6) is 5.75 Å². The highest BCUT2D eigenvalue weighted by Crippen LogP contribution is 2.37. The van der Waals surface area contributed by atoms with Gasteiger partial charge < -0.3 is 10.5 Å². The van der Waals surface area contributed by atoms with Gasteiger partial charge in [0, 0.05) is 13.0 Å². The molecule has 0 saturated heterocycles. The fraction of sp³-hybridized carbons (Fsp3) is 0.571. The minimum Gasteiger partial charge on any atom is -0.496 e. The van der Waals surface area contributed by atoms with E-state index in [9.17, 15) is 4.39 Å². The minimum atomic E-state index is -1.43. The van der Waals surface area contributed by atoms with E-state index in [0.29, 0.717) is 5.75 Å². The molecule has 0 heterocycles. The number of alkyl halides is 1. The lowest BCUT2D eigenvalue weighted by Crippen LogP contribution is -2.47. The fourth-order valence-electron chi connectivity index (χ4n) is 1.79. The van der Waals surface area contributed by atoms with Gasteiger partial charge >= 0.3 is 0 Å². The van der Waals surface area contributed by atoms with Crippen LogP contribution >= 0.6 is 0 Å². The summed E-state index contributed by atoms with van der Waals surface area (Å²) in [5, 5.41) is 0. The van der Waals surface area contributed by atoms with Gasteiger partial charge in [-0.1, -0.05) is 39.0 Å². The van der Waals surface area contributed by atoms with Crippen molar-refractivity contribution in [1.82, 2.24) is 0 Å². The summed E-state index contributed by atoms with van der Waals surface area (Å²) < 4.78 is 20.1. The Labute approximate surface area is 103 Å². The molecule has 0 aromatic heterocycles. The molecule has 96 valence electrons. The summed E-state index contributed by atoms with van der Waals surface area (Å²) in [6.07, 6.45) is 0.275. The Balaban J connectivity index is 3.03. The molecule has 0 fully saturated rings. The van der Waals surface area contributed by atoms with Gasteiger partial charge in [-0.3, -0.25) is 0 Å². The number of benzene rings is 1. The summed E-state index contributed by atoms with van der Waals surface area (Å²) >= 11 is 0. The summed E-state index contributed by atoms with van der Waals surface area (Å²) in [7, 11) is 1.60. The summed E-state index contributed by atoms with van der Waals surface area (Å²) in [6, 6.07) is 7.49. The number of ether oxygens (including phenoxy) is 1. The lowest BCUT2D eigenvalue weighted by molar-refractivity contribution is 0.0377. The van der Waals surface area contributed by atoms with E-state index in [-0.39, 0.29) is 13.0 Å². The number of rotatable bonds is 4. The molecule has 2 N–H and O–H groups in total. The summed E-state index contributed by atoms with van der Waals surface area (Å²) in [4.78, 5) is 0. The lowest BCUT2D eigenvalue weighted by atomic mass is 9.74. The van der Waals surface area contributed by atoms with E-state index in [4.69, 9.17) is 10.5 Å². The number of halogens is 1. The van der Waals surface area contributed by atoms with Crippen molar-refractivity contribution in [2.75, 3.05) is 13.7 Å². The largest absolute Gasteiger partial charge is 0.496 e. The Morgan fingerprint density at radius 3 is 2.29 bits per heavy atom. The van der Waals surface area contributed by atoms with Crippen molar-refractivity contribution in [1.29, 1.82) is 0 Å². The fourth-order valence-corrected chi connectivity index (χ4v) is 1.79. The molecule has 3 heteroatoms. The molecule has 1 unspecified atom stereocenters. The first-order valence-electron chi connectivity index (χ1n) is 5.85. The first-order valence-corrected chi connectivity index (χ1v) is 5.85. The van der Waals surface area contributed by atoms with E-state index in [0.717, 1.165) is 5.56 Å². The predicted octanol–water partition coefficient (Wildman–Crippen LogP) is 2.95. The van der Waals surface area contributed by atoms with Crippen LogP contribution in [0.25, 0.3) is 0 Å². The quantitative estimate of drug-likeness (QED) is 0.876. The zero-order chi connectivity index (χ0) is 13.1. The Bertz CT molecular complexity index is 373. The van der Waals surface area contributed by atoms with E-state index in [2.05, 4.69) is 0 Å².